The summed E-state index contributed by atoms with van der Waals surface area (Å²) in [6, 6.07) is 4.81. The number of phenols is 1. The molecule has 0 saturated heterocycles. The number of carbonyl (C=O) groups excluding carboxylic acids is 1. The minimum Gasteiger partial charge on any atom is -0.508 e. The smallest absolute Gasteiger partial charge is 0.307 e. The van der Waals surface area contributed by atoms with E-state index < -0.39 is 12.3 Å². The van der Waals surface area contributed by atoms with Crippen LogP contribution in [0.25, 0.3) is 0 Å². The second-order valence-corrected chi connectivity index (χ2v) is 10.0. The molecule has 0 amide bonds. The van der Waals surface area contributed by atoms with Gasteiger partial charge in [0.15, 0.2) is 6.23 Å². The normalized spacial score (nSPS) is 27.0. The minimum atomic E-state index is -0.755. The largest absolute Gasteiger partial charge is 0.508 e. The molecule has 5 heteroatoms. The number of hydrogen-bond acceptors (Lipinski definition) is 5. The van der Waals surface area contributed by atoms with Gasteiger partial charge in [0.05, 0.1) is 6.10 Å². The monoisotopic (exact) mass is 447 g/mol. The topological polar surface area (TPSA) is 78.8 Å². The Labute approximate surface area is 195 Å². The number of anilines is 1. The number of ether oxygens (including phenoxy) is 1. The molecule has 1 heterocycles. The maximum Gasteiger partial charge on any atom is 0.307 e. The number of aromatic hydroxyl groups is 1. The highest BCUT2D eigenvalue weighted by molar-refractivity contribution is 5.70. The molecule has 2 aliphatic rings. The summed E-state index contributed by atoms with van der Waals surface area (Å²) >= 11 is 0. The Balaban J connectivity index is 0.000000303. The summed E-state index contributed by atoms with van der Waals surface area (Å²) in [5.74, 6) is 2.60. The SMILES string of the molecule is CC1CCC(C(C)C)CC1.CCCCC[C@H]1[C@H](O)c2cc(O)ccc2N[C@H]1OC(=O)CC. The van der Waals surface area contributed by atoms with Gasteiger partial charge in [0.2, 0.25) is 0 Å². The van der Waals surface area contributed by atoms with Gasteiger partial charge < -0.3 is 20.3 Å². The predicted octanol–water partition coefficient (Wildman–Crippen LogP) is 6.80. The zero-order valence-electron chi connectivity index (χ0n) is 20.8. The molecule has 1 aliphatic heterocycles. The Bertz CT molecular complexity index is 697. The number of aliphatic hydroxyl groups is 1. The van der Waals surface area contributed by atoms with Crippen molar-refractivity contribution in [1.82, 2.24) is 0 Å². The average molecular weight is 448 g/mol. The summed E-state index contributed by atoms with van der Waals surface area (Å²) in [5.41, 5.74) is 1.36. The lowest BCUT2D eigenvalue weighted by Gasteiger charge is -2.37. The molecule has 1 aliphatic carbocycles. The first kappa shape index (κ1) is 26.5. The van der Waals surface area contributed by atoms with Crippen LogP contribution in [0.4, 0.5) is 5.69 Å². The molecule has 1 aromatic rings. The van der Waals surface area contributed by atoms with Gasteiger partial charge in [0, 0.05) is 23.6 Å². The van der Waals surface area contributed by atoms with Gasteiger partial charge in [-0.3, -0.25) is 4.79 Å². The van der Waals surface area contributed by atoms with Gasteiger partial charge in [0.25, 0.3) is 0 Å². The van der Waals surface area contributed by atoms with Crippen LogP contribution in [-0.2, 0) is 9.53 Å². The van der Waals surface area contributed by atoms with E-state index in [-0.39, 0.29) is 17.6 Å². The Morgan fingerprint density at radius 1 is 1.16 bits per heavy atom. The molecule has 5 nitrogen and oxygen atoms in total. The quantitative estimate of drug-likeness (QED) is 0.243. The molecule has 0 aromatic heterocycles. The van der Waals surface area contributed by atoms with Crippen LogP contribution >= 0.6 is 0 Å². The van der Waals surface area contributed by atoms with E-state index in [1.807, 2.05) is 0 Å². The molecular formula is C27H45NO4. The number of benzene rings is 1. The molecule has 3 atom stereocenters. The molecule has 0 bridgehead atoms. The lowest BCUT2D eigenvalue weighted by molar-refractivity contribution is -0.152. The zero-order valence-corrected chi connectivity index (χ0v) is 20.8. The van der Waals surface area contributed by atoms with E-state index in [0.29, 0.717) is 17.7 Å². The Hall–Kier alpha value is -1.75. The first-order valence-electron chi connectivity index (χ1n) is 12.7. The third-order valence-electron chi connectivity index (χ3n) is 7.14. The lowest BCUT2D eigenvalue weighted by Crippen LogP contribution is -2.41. The highest BCUT2D eigenvalue weighted by Crippen LogP contribution is 2.41. The molecule has 1 aromatic carbocycles. The van der Waals surface area contributed by atoms with Crippen molar-refractivity contribution >= 4 is 11.7 Å². The van der Waals surface area contributed by atoms with E-state index in [0.717, 1.165) is 43.4 Å². The van der Waals surface area contributed by atoms with Crippen LogP contribution in [0.2, 0.25) is 0 Å². The molecule has 3 N–H and O–H groups in total. The summed E-state index contributed by atoms with van der Waals surface area (Å²) in [4.78, 5) is 11.6. The summed E-state index contributed by atoms with van der Waals surface area (Å²) in [6.45, 7) is 11.0. The third-order valence-corrected chi connectivity index (χ3v) is 7.14. The fourth-order valence-corrected chi connectivity index (χ4v) is 4.82. The number of hydrogen-bond donors (Lipinski definition) is 3. The van der Waals surface area contributed by atoms with Gasteiger partial charge in [-0.05, 0) is 55.2 Å². The second-order valence-electron chi connectivity index (χ2n) is 10.0. The van der Waals surface area contributed by atoms with Crippen molar-refractivity contribution in [2.45, 2.75) is 105 Å². The van der Waals surface area contributed by atoms with Crippen molar-refractivity contribution < 1.29 is 19.7 Å². The Kier molecular flexibility index (Phi) is 10.8. The third kappa shape index (κ3) is 7.68. The van der Waals surface area contributed by atoms with Crippen molar-refractivity contribution in [2.24, 2.45) is 23.7 Å². The summed E-state index contributed by atoms with van der Waals surface area (Å²) < 4.78 is 5.47. The van der Waals surface area contributed by atoms with Gasteiger partial charge >= 0.3 is 5.97 Å². The zero-order chi connectivity index (χ0) is 23.7. The molecule has 182 valence electrons. The van der Waals surface area contributed by atoms with E-state index in [4.69, 9.17) is 4.74 Å². The fraction of sp³-hybridized carbons (Fsp3) is 0.741. The van der Waals surface area contributed by atoms with Crippen molar-refractivity contribution in [3.8, 4) is 5.75 Å². The van der Waals surface area contributed by atoms with Crippen LogP contribution in [-0.4, -0.2) is 22.4 Å². The molecular weight excluding hydrogens is 402 g/mol. The Morgan fingerprint density at radius 2 is 1.84 bits per heavy atom. The van der Waals surface area contributed by atoms with Gasteiger partial charge in [-0.25, -0.2) is 0 Å². The van der Waals surface area contributed by atoms with Crippen molar-refractivity contribution in [3.05, 3.63) is 23.8 Å². The lowest BCUT2D eigenvalue weighted by atomic mass is 9.78. The predicted molar refractivity (Wildman–Crippen MR) is 130 cm³/mol. The van der Waals surface area contributed by atoms with Crippen LogP contribution in [0.5, 0.6) is 5.75 Å². The van der Waals surface area contributed by atoms with E-state index in [2.05, 4.69) is 33.0 Å². The second kappa shape index (κ2) is 13.1. The summed E-state index contributed by atoms with van der Waals surface area (Å²) in [7, 11) is 0. The van der Waals surface area contributed by atoms with E-state index in [9.17, 15) is 15.0 Å². The van der Waals surface area contributed by atoms with Crippen LogP contribution in [0.1, 0.15) is 104 Å². The van der Waals surface area contributed by atoms with Crippen molar-refractivity contribution in [2.75, 3.05) is 5.32 Å². The first-order valence-corrected chi connectivity index (χ1v) is 12.7. The number of rotatable bonds is 7. The van der Waals surface area contributed by atoms with E-state index in [1.165, 1.54) is 25.7 Å². The number of aliphatic hydroxyl groups excluding tert-OH is 1. The number of unbranched alkanes of at least 4 members (excludes halogenated alkanes) is 2. The first-order chi connectivity index (χ1) is 15.3. The van der Waals surface area contributed by atoms with Crippen molar-refractivity contribution in [1.29, 1.82) is 0 Å². The van der Waals surface area contributed by atoms with Crippen LogP contribution in [0, 0.1) is 23.7 Å². The van der Waals surface area contributed by atoms with E-state index in [1.54, 1.807) is 25.1 Å². The number of phenolic OH excluding ortho intramolecular Hbond substituents is 1. The van der Waals surface area contributed by atoms with Crippen LogP contribution in [0.3, 0.4) is 0 Å². The fourth-order valence-electron chi connectivity index (χ4n) is 4.82. The molecule has 0 spiro atoms. The highest BCUT2D eigenvalue weighted by Gasteiger charge is 2.37. The summed E-state index contributed by atoms with van der Waals surface area (Å²) in [6.07, 6.45) is 8.83. The molecule has 3 rings (SSSR count). The average Bonchev–Trinajstić information content (AvgIpc) is 2.77. The van der Waals surface area contributed by atoms with Gasteiger partial charge in [-0.1, -0.05) is 66.7 Å². The molecule has 1 saturated carbocycles. The van der Waals surface area contributed by atoms with Crippen molar-refractivity contribution in [3.63, 3.8) is 0 Å². The molecule has 0 unspecified atom stereocenters. The minimum absolute atomic E-state index is 0.121. The maximum atomic E-state index is 11.6. The van der Waals surface area contributed by atoms with Crippen LogP contribution in [0.15, 0.2) is 18.2 Å². The van der Waals surface area contributed by atoms with E-state index >= 15 is 0 Å². The number of fused-ring (bicyclic) bond motifs is 1. The standard InChI is InChI=1S/C17H25NO4.C10H20/c1-3-5-6-7-12-16(21)13-10-11(19)8-9-14(13)18-17(12)22-15(20)4-2;1-8(2)10-6-4-9(3)5-7-10/h8-10,12,16-19,21H,3-7H2,1-2H3;8-10H,4-7H2,1-3H3/t12-,16-,17-;/m0./s1. The highest BCUT2D eigenvalue weighted by atomic mass is 16.6. The number of esters is 1. The Morgan fingerprint density at radius 3 is 2.44 bits per heavy atom. The number of carbonyl (C=O) groups is 1. The molecule has 1 fully saturated rings. The van der Waals surface area contributed by atoms with Crippen LogP contribution < -0.4 is 5.32 Å². The molecule has 32 heavy (non-hydrogen) atoms. The van der Waals surface area contributed by atoms with Gasteiger partial charge in [-0.2, -0.15) is 0 Å². The number of nitrogens with one attached hydrogen (secondary N) is 1. The van der Waals surface area contributed by atoms with Gasteiger partial charge in [0.1, 0.15) is 5.75 Å². The summed E-state index contributed by atoms with van der Waals surface area (Å²) in [5, 5.41) is 23.5. The maximum absolute atomic E-state index is 11.6. The molecule has 0 radical (unpaired) electrons. The van der Waals surface area contributed by atoms with Gasteiger partial charge in [-0.15, -0.1) is 0 Å².